The van der Waals surface area contributed by atoms with Gasteiger partial charge in [-0.1, -0.05) is 54.2 Å². The summed E-state index contributed by atoms with van der Waals surface area (Å²) in [5.41, 5.74) is 1.51. The van der Waals surface area contributed by atoms with E-state index >= 15 is 0 Å². The Kier molecular flexibility index (Phi) is 4.94. The van der Waals surface area contributed by atoms with Crippen LogP contribution in [0.15, 0.2) is 59.8 Å². The number of rotatable bonds is 6. The molecular weight excluding hydrogens is 363 g/mol. The summed E-state index contributed by atoms with van der Waals surface area (Å²) in [5, 5.41) is 11.8. The van der Waals surface area contributed by atoms with Gasteiger partial charge in [-0.2, -0.15) is 0 Å². The lowest BCUT2D eigenvalue weighted by Crippen LogP contribution is -2.15. The van der Waals surface area contributed by atoms with E-state index in [9.17, 15) is 9.18 Å². The lowest BCUT2D eigenvalue weighted by molar-refractivity contribution is -0.113. The molecule has 0 aliphatic heterocycles. The smallest absolute Gasteiger partial charge is 0.234 e. The van der Waals surface area contributed by atoms with Crippen molar-refractivity contribution in [1.29, 1.82) is 0 Å². The Balaban J connectivity index is 1.36. The number of nitrogens with one attached hydrogen (secondary N) is 1. The van der Waals surface area contributed by atoms with Crippen molar-refractivity contribution in [3.63, 3.8) is 0 Å². The molecule has 7 heteroatoms. The normalized spacial score (nSPS) is 18.3. The molecule has 1 fully saturated rings. The number of benzene rings is 2. The first-order valence-corrected chi connectivity index (χ1v) is 9.73. The number of hydrogen-bond donors (Lipinski definition) is 1. The Labute approximate surface area is 161 Å². The van der Waals surface area contributed by atoms with Crippen LogP contribution in [-0.4, -0.2) is 26.4 Å². The van der Waals surface area contributed by atoms with Gasteiger partial charge in [-0.3, -0.25) is 4.79 Å². The number of carbonyl (C=O) groups is 1. The molecule has 1 N–H and O–H groups in total. The number of aromatic nitrogens is 3. The van der Waals surface area contributed by atoms with Crippen molar-refractivity contribution in [2.45, 2.75) is 23.4 Å². The molecule has 1 aliphatic carbocycles. The fourth-order valence-corrected chi connectivity index (χ4v) is 3.92. The minimum absolute atomic E-state index is 0.146. The monoisotopic (exact) mass is 382 g/mol. The molecule has 0 bridgehead atoms. The number of para-hydroxylation sites is 1. The van der Waals surface area contributed by atoms with E-state index in [1.165, 1.54) is 29.5 Å². The Morgan fingerprint density at radius 1 is 1.15 bits per heavy atom. The molecule has 2 aromatic carbocycles. The molecule has 1 saturated carbocycles. The summed E-state index contributed by atoms with van der Waals surface area (Å²) < 4.78 is 15.6. The SMILES string of the molecule is Cn1c(SCC(=O)Nc2ccccc2F)nnc1C1CC1c1ccccc1. The zero-order valence-corrected chi connectivity index (χ0v) is 15.6. The van der Waals surface area contributed by atoms with Crippen LogP contribution in [0.5, 0.6) is 0 Å². The van der Waals surface area contributed by atoms with E-state index in [0.717, 1.165) is 12.2 Å². The molecule has 2 unspecified atom stereocenters. The maximum atomic E-state index is 13.6. The van der Waals surface area contributed by atoms with E-state index in [1.807, 2.05) is 17.7 Å². The number of anilines is 1. The van der Waals surface area contributed by atoms with E-state index in [-0.39, 0.29) is 17.3 Å². The van der Waals surface area contributed by atoms with Crippen LogP contribution in [0.3, 0.4) is 0 Å². The van der Waals surface area contributed by atoms with Gasteiger partial charge in [0.25, 0.3) is 0 Å². The quantitative estimate of drug-likeness (QED) is 0.656. The van der Waals surface area contributed by atoms with Crippen molar-refractivity contribution in [2.75, 3.05) is 11.1 Å². The van der Waals surface area contributed by atoms with E-state index in [2.05, 4.69) is 39.8 Å². The summed E-state index contributed by atoms with van der Waals surface area (Å²) in [6, 6.07) is 16.5. The van der Waals surface area contributed by atoms with Crippen molar-refractivity contribution in [3.05, 3.63) is 71.8 Å². The van der Waals surface area contributed by atoms with Gasteiger partial charge in [0, 0.05) is 13.0 Å². The average Bonchev–Trinajstić information content (AvgIpc) is 3.39. The molecule has 1 heterocycles. The summed E-state index contributed by atoms with van der Waals surface area (Å²) in [6.45, 7) is 0. The molecule has 1 aromatic heterocycles. The van der Waals surface area contributed by atoms with Gasteiger partial charge in [0.05, 0.1) is 11.4 Å². The zero-order valence-electron chi connectivity index (χ0n) is 14.8. The maximum absolute atomic E-state index is 13.6. The van der Waals surface area contributed by atoms with Crippen molar-refractivity contribution >= 4 is 23.4 Å². The minimum Gasteiger partial charge on any atom is -0.323 e. The second-order valence-corrected chi connectivity index (χ2v) is 7.52. The summed E-state index contributed by atoms with van der Waals surface area (Å²) in [5.74, 6) is 1.22. The molecular formula is C20H19FN4OS. The molecule has 5 nitrogen and oxygen atoms in total. The maximum Gasteiger partial charge on any atom is 0.234 e. The Hall–Kier alpha value is -2.67. The van der Waals surface area contributed by atoms with Crippen LogP contribution in [0.4, 0.5) is 10.1 Å². The zero-order chi connectivity index (χ0) is 18.8. The summed E-state index contributed by atoms with van der Waals surface area (Å²) in [4.78, 5) is 12.1. The second kappa shape index (κ2) is 7.52. The molecule has 3 aromatic rings. The highest BCUT2D eigenvalue weighted by atomic mass is 32.2. The van der Waals surface area contributed by atoms with Crippen molar-refractivity contribution in [1.82, 2.24) is 14.8 Å². The topological polar surface area (TPSA) is 59.8 Å². The van der Waals surface area contributed by atoms with Gasteiger partial charge in [-0.15, -0.1) is 10.2 Å². The van der Waals surface area contributed by atoms with Gasteiger partial charge in [-0.25, -0.2) is 4.39 Å². The van der Waals surface area contributed by atoms with Gasteiger partial charge in [-0.05, 0) is 30.0 Å². The Morgan fingerprint density at radius 3 is 2.67 bits per heavy atom. The van der Waals surface area contributed by atoms with Crippen molar-refractivity contribution < 1.29 is 9.18 Å². The van der Waals surface area contributed by atoms with Crippen LogP contribution in [0.25, 0.3) is 0 Å². The third-order valence-corrected chi connectivity index (χ3v) is 5.72. The van der Waals surface area contributed by atoms with Crippen molar-refractivity contribution in [2.24, 2.45) is 7.05 Å². The number of nitrogens with zero attached hydrogens (tertiary/aromatic N) is 3. The number of hydrogen-bond acceptors (Lipinski definition) is 4. The fraction of sp³-hybridized carbons (Fsp3) is 0.250. The summed E-state index contributed by atoms with van der Waals surface area (Å²) in [6.07, 6.45) is 1.06. The average molecular weight is 382 g/mol. The highest BCUT2D eigenvalue weighted by molar-refractivity contribution is 7.99. The first-order valence-electron chi connectivity index (χ1n) is 8.75. The third-order valence-electron chi connectivity index (χ3n) is 4.70. The molecule has 138 valence electrons. The van der Waals surface area contributed by atoms with Crippen LogP contribution in [0.1, 0.15) is 29.6 Å². The lowest BCUT2D eigenvalue weighted by atomic mass is 10.1. The number of halogens is 1. The molecule has 27 heavy (non-hydrogen) atoms. The van der Waals surface area contributed by atoms with Crippen LogP contribution in [0, 0.1) is 5.82 Å². The molecule has 1 amide bonds. The van der Waals surface area contributed by atoms with E-state index in [0.29, 0.717) is 17.0 Å². The Bertz CT molecular complexity index is 960. The van der Waals surface area contributed by atoms with Crippen LogP contribution in [-0.2, 0) is 11.8 Å². The Morgan fingerprint density at radius 2 is 1.89 bits per heavy atom. The number of thioether (sulfide) groups is 1. The molecule has 0 saturated heterocycles. The summed E-state index contributed by atoms with van der Waals surface area (Å²) >= 11 is 1.30. The second-order valence-electron chi connectivity index (χ2n) is 6.58. The molecule has 0 radical (unpaired) electrons. The first kappa shape index (κ1) is 17.7. The highest BCUT2D eigenvalue weighted by Crippen LogP contribution is 2.54. The molecule has 1 aliphatic rings. The van der Waals surface area contributed by atoms with E-state index in [1.54, 1.807) is 12.1 Å². The first-order chi connectivity index (χ1) is 13.1. The van der Waals surface area contributed by atoms with Crippen LogP contribution >= 0.6 is 11.8 Å². The highest BCUT2D eigenvalue weighted by Gasteiger charge is 2.42. The summed E-state index contributed by atoms with van der Waals surface area (Å²) in [7, 11) is 1.92. The number of amides is 1. The fourth-order valence-electron chi connectivity index (χ4n) is 3.20. The number of carbonyl (C=O) groups excluding carboxylic acids is 1. The van der Waals surface area contributed by atoms with Gasteiger partial charge in [0.15, 0.2) is 5.16 Å². The van der Waals surface area contributed by atoms with Crippen LogP contribution < -0.4 is 5.32 Å². The van der Waals surface area contributed by atoms with Gasteiger partial charge >= 0.3 is 0 Å². The van der Waals surface area contributed by atoms with E-state index in [4.69, 9.17) is 0 Å². The van der Waals surface area contributed by atoms with Crippen LogP contribution in [0.2, 0.25) is 0 Å². The lowest BCUT2D eigenvalue weighted by Gasteiger charge is -2.06. The minimum atomic E-state index is -0.447. The molecule has 0 spiro atoms. The predicted octanol–water partition coefficient (Wildman–Crippen LogP) is 3.96. The predicted molar refractivity (Wildman–Crippen MR) is 103 cm³/mol. The molecule has 2 atom stereocenters. The standard InChI is InChI=1S/C20H19FN4OS/c1-25-19(15-11-14(15)13-7-3-2-4-8-13)23-24-20(25)27-12-18(26)22-17-10-6-5-9-16(17)21/h2-10,14-15H,11-12H2,1H3,(H,22,26). The van der Waals surface area contributed by atoms with Gasteiger partial charge in [0.2, 0.25) is 5.91 Å². The van der Waals surface area contributed by atoms with Gasteiger partial charge in [0.1, 0.15) is 11.6 Å². The van der Waals surface area contributed by atoms with E-state index < -0.39 is 5.82 Å². The van der Waals surface area contributed by atoms with Crippen molar-refractivity contribution in [3.8, 4) is 0 Å². The molecule has 4 rings (SSSR count). The van der Waals surface area contributed by atoms with Gasteiger partial charge < -0.3 is 9.88 Å². The largest absolute Gasteiger partial charge is 0.323 e. The third kappa shape index (κ3) is 3.88.